The second-order valence-corrected chi connectivity index (χ2v) is 11.0. The quantitative estimate of drug-likeness (QED) is 0.282. The van der Waals surface area contributed by atoms with E-state index in [0.717, 1.165) is 55.1 Å². The molecule has 5 heteroatoms. The Hall–Kier alpha value is -3.41. The fraction of sp³-hybridized carbons (Fsp3) is 0.281. The van der Waals surface area contributed by atoms with Crippen LogP contribution in [-0.4, -0.2) is 37.0 Å². The molecule has 0 atom stereocenters. The van der Waals surface area contributed by atoms with Crippen LogP contribution in [0.1, 0.15) is 46.8 Å². The lowest BCUT2D eigenvalue weighted by Crippen LogP contribution is -2.45. The molecule has 1 aromatic heterocycles. The summed E-state index contributed by atoms with van der Waals surface area (Å²) in [5.74, 6) is 0.396. The minimum absolute atomic E-state index is 0.0820. The highest BCUT2D eigenvalue weighted by Crippen LogP contribution is 2.30. The van der Waals surface area contributed by atoms with Crippen LogP contribution in [0, 0.1) is 6.92 Å². The summed E-state index contributed by atoms with van der Waals surface area (Å²) in [6, 6.07) is 25.0. The maximum absolute atomic E-state index is 13.4. The fourth-order valence-corrected chi connectivity index (χ4v) is 5.69. The molecular formula is C32H35N3OS. The van der Waals surface area contributed by atoms with Crippen LogP contribution in [0.5, 0.6) is 0 Å². The van der Waals surface area contributed by atoms with Gasteiger partial charge < -0.3 is 10.2 Å². The second kappa shape index (κ2) is 11.3. The molecule has 190 valence electrons. The number of anilines is 2. The molecule has 0 spiro atoms. The number of hydrogen-bond donors (Lipinski definition) is 1. The molecule has 4 nitrogen and oxygen atoms in total. The van der Waals surface area contributed by atoms with E-state index in [-0.39, 0.29) is 5.91 Å². The molecule has 0 unspecified atom stereocenters. The van der Waals surface area contributed by atoms with Crippen LogP contribution in [0.3, 0.4) is 0 Å². The number of nitrogens with one attached hydrogen (secondary N) is 1. The van der Waals surface area contributed by atoms with Gasteiger partial charge in [-0.05, 0) is 87.8 Å². The van der Waals surface area contributed by atoms with Crippen molar-refractivity contribution in [2.45, 2.75) is 33.2 Å². The number of piperazine rings is 1. The van der Waals surface area contributed by atoms with Gasteiger partial charge in [0.05, 0.1) is 0 Å². The van der Waals surface area contributed by atoms with Crippen LogP contribution in [0.15, 0.2) is 83.6 Å². The number of carbonyl (C=O) groups excluding carboxylic acids is 1. The van der Waals surface area contributed by atoms with Gasteiger partial charge in [0.25, 0.3) is 5.91 Å². The number of thiophene rings is 1. The van der Waals surface area contributed by atoms with Crippen molar-refractivity contribution >= 4 is 28.6 Å². The average Bonchev–Trinajstić information content (AvgIpc) is 3.43. The second-order valence-electron chi connectivity index (χ2n) is 10.2. The Morgan fingerprint density at radius 2 is 1.65 bits per heavy atom. The fourth-order valence-electron chi connectivity index (χ4n) is 5.03. The minimum atomic E-state index is -0.0820. The summed E-state index contributed by atoms with van der Waals surface area (Å²) in [5.41, 5.74) is 8.58. The van der Waals surface area contributed by atoms with E-state index in [1.54, 1.807) is 11.3 Å². The Labute approximate surface area is 224 Å². The van der Waals surface area contributed by atoms with Gasteiger partial charge >= 0.3 is 0 Å². The van der Waals surface area contributed by atoms with Gasteiger partial charge in [-0.2, -0.15) is 11.3 Å². The predicted molar refractivity (Wildman–Crippen MR) is 157 cm³/mol. The van der Waals surface area contributed by atoms with Crippen LogP contribution >= 0.6 is 11.3 Å². The van der Waals surface area contributed by atoms with Crippen LogP contribution in [-0.2, 0) is 6.54 Å². The molecule has 37 heavy (non-hydrogen) atoms. The van der Waals surface area contributed by atoms with E-state index in [4.69, 9.17) is 0 Å². The van der Waals surface area contributed by atoms with E-state index in [2.05, 4.69) is 95.2 Å². The van der Waals surface area contributed by atoms with Gasteiger partial charge in [-0.1, -0.05) is 50.2 Å². The molecule has 2 heterocycles. The smallest absolute Gasteiger partial charge is 0.256 e. The zero-order valence-electron chi connectivity index (χ0n) is 21.9. The van der Waals surface area contributed by atoms with Crippen molar-refractivity contribution in [2.24, 2.45) is 0 Å². The average molecular weight is 510 g/mol. The molecular weight excluding hydrogens is 474 g/mol. The van der Waals surface area contributed by atoms with Crippen LogP contribution < -0.4 is 10.2 Å². The summed E-state index contributed by atoms with van der Waals surface area (Å²) in [6.07, 6.45) is 0. The standard InChI is InChI=1S/C32H35N3OS/c1-23(2)26-7-9-27(10-8-26)31-24(3)5-4-6-30(31)32(36)33-28-11-13-29(14-12-28)35-18-16-34(17-19-35)21-25-15-20-37-22-25/h4-15,20,22-23H,16-19,21H2,1-3H3,(H,33,36). The maximum atomic E-state index is 13.4. The number of rotatable bonds is 7. The van der Waals surface area contributed by atoms with Crippen LogP contribution in [0.2, 0.25) is 0 Å². The molecule has 1 saturated heterocycles. The molecule has 1 N–H and O–H groups in total. The van der Waals surface area contributed by atoms with Crippen LogP contribution in [0.25, 0.3) is 11.1 Å². The van der Waals surface area contributed by atoms with Gasteiger partial charge in [-0.3, -0.25) is 9.69 Å². The van der Waals surface area contributed by atoms with E-state index >= 15 is 0 Å². The highest BCUT2D eigenvalue weighted by Gasteiger charge is 2.19. The molecule has 1 amide bonds. The number of carbonyl (C=O) groups is 1. The Balaban J connectivity index is 1.24. The highest BCUT2D eigenvalue weighted by molar-refractivity contribution is 7.07. The van der Waals surface area contributed by atoms with E-state index in [1.165, 1.54) is 16.8 Å². The van der Waals surface area contributed by atoms with Crippen molar-refractivity contribution in [1.29, 1.82) is 0 Å². The molecule has 1 aliphatic rings. The number of aryl methyl sites for hydroxylation is 1. The minimum Gasteiger partial charge on any atom is -0.369 e. The van der Waals surface area contributed by atoms with Crippen molar-refractivity contribution < 1.29 is 4.79 Å². The zero-order chi connectivity index (χ0) is 25.8. The zero-order valence-corrected chi connectivity index (χ0v) is 22.7. The van der Waals surface area contributed by atoms with Gasteiger partial charge in [0.1, 0.15) is 0 Å². The summed E-state index contributed by atoms with van der Waals surface area (Å²) < 4.78 is 0. The van der Waals surface area contributed by atoms with Crippen molar-refractivity contribution in [2.75, 3.05) is 36.4 Å². The lowest BCUT2D eigenvalue weighted by atomic mass is 9.92. The monoisotopic (exact) mass is 509 g/mol. The largest absolute Gasteiger partial charge is 0.369 e. The van der Waals surface area contributed by atoms with Gasteiger partial charge in [0.15, 0.2) is 0 Å². The van der Waals surface area contributed by atoms with Gasteiger partial charge in [0, 0.05) is 49.7 Å². The maximum Gasteiger partial charge on any atom is 0.256 e. The molecule has 4 aromatic rings. The first-order valence-corrected chi connectivity index (χ1v) is 14.0. The highest BCUT2D eigenvalue weighted by atomic mass is 32.1. The summed E-state index contributed by atoms with van der Waals surface area (Å²) in [7, 11) is 0. The van der Waals surface area contributed by atoms with Crippen molar-refractivity contribution in [3.05, 3.63) is 106 Å². The number of nitrogens with zero attached hydrogens (tertiary/aromatic N) is 2. The first-order valence-electron chi connectivity index (χ1n) is 13.1. The third-order valence-electron chi connectivity index (χ3n) is 7.23. The summed E-state index contributed by atoms with van der Waals surface area (Å²) in [5, 5.41) is 7.51. The van der Waals surface area contributed by atoms with E-state index < -0.39 is 0 Å². The third-order valence-corrected chi connectivity index (χ3v) is 7.96. The normalized spacial score (nSPS) is 14.2. The van der Waals surface area contributed by atoms with E-state index in [9.17, 15) is 4.79 Å². The number of amides is 1. The lowest BCUT2D eigenvalue weighted by Gasteiger charge is -2.36. The first-order chi connectivity index (χ1) is 18.0. The molecule has 0 bridgehead atoms. The van der Waals surface area contributed by atoms with Gasteiger partial charge in [0.2, 0.25) is 0 Å². The SMILES string of the molecule is Cc1cccc(C(=O)Nc2ccc(N3CCN(Cc4ccsc4)CC3)cc2)c1-c1ccc(C(C)C)cc1. The Morgan fingerprint density at radius 3 is 2.30 bits per heavy atom. The van der Waals surface area contributed by atoms with E-state index in [0.29, 0.717) is 11.5 Å². The van der Waals surface area contributed by atoms with E-state index in [1.807, 2.05) is 24.3 Å². The van der Waals surface area contributed by atoms with Crippen molar-refractivity contribution in [3.63, 3.8) is 0 Å². The van der Waals surface area contributed by atoms with Crippen molar-refractivity contribution in [1.82, 2.24) is 4.90 Å². The topological polar surface area (TPSA) is 35.6 Å². The molecule has 0 saturated carbocycles. The summed E-state index contributed by atoms with van der Waals surface area (Å²) in [6.45, 7) is 11.6. The molecule has 3 aromatic carbocycles. The first kappa shape index (κ1) is 25.2. The molecule has 0 aliphatic carbocycles. The van der Waals surface area contributed by atoms with Crippen LogP contribution in [0.4, 0.5) is 11.4 Å². The van der Waals surface area contributed by atoms with Crippen molar-refractivity contribution in [3.8, 4) is 11.1 Å². The third kappa shape index (κ3) is 5.95. The number of benzene rings is 3. The lowest BCUT2D eigenvalue weighted by molar-refractivity contribution is 0.102. The molecule has 1 fully saturated rings. The number of hydrogen-bond acceptors (Lipinski definition) is 4. The molecule has 1 aliphatic heterocycles. The molecule has 0 radical (unpaired) electrons. The van der Waals surface area contributed by atoms with Gasteiger partial charge in [-0.25, -0.2) is 0 Å². The Kier molecular flexibility index (Phi) is 7.73. The Morgan fingerprint density at radius 1 is 0.919 bits per heavy atom. The van der Waals surface area contributed by atoms with Gasteiger partial charge in [-0.15, -0.1) is 0 Å². The molecule has 5 rings (SSSR count). The summed E-state index contributed by atoms with van der Waals surface area (Å²) >= 11 is 1.76. The Bertz CT molecular complexity index is 1320. The summed E-state index contributed by atoms with van der Waals surface area (Å²) in [4.78, 5) is 18.3. The predicted octanol–water partition coefficient (Wildman–Crippen LogP) is 7.42.